The Hall–Kier alpha value is -2.78. The summed E-state index contributed by atoms with van der Waals surface area (Å²) in [7, 11) is 1.57. The van der Waals surface area contributed by atoms with E-state index in [9.17, 15) is 19.7 Å². The highest BCUT2D eigenvalue weighted by Crippen LogP contribution is 2.34. The van der Waals surface area contributed by atoms with Gasteiger partial charge in [-0.05, 0) is 38.0 Å². The summed E-state index contributed by atoms with van der Waals surface area (Å²) in [6.07, 6.45) is 0.356. The van der Waals surface area contributed by atoms with Gasteiger partial charge in [-0.2, -0.15) is 0 Å². The Morgan fingerprint density at radius 1 is 1.14 bits per heavy atom. The van der Waals surface area contributed by atoms with Crippen LogP contribution >= 0.6 is 0 Å². The summed E-state index contributed by atoms with van der Waals surface area (Å²) in [6.45, 7) is 5.51. The Labute approximate surface area is 169 Å². The van der Waals surface area contributed by atoms with Gasteiger partial charge in [0.2, 0.25) is 0 Å². The van der Waals surface area contributed by atoms with Crippen LogP contribution in [0.25, 0.3) is 5.57 Å². The van der Waals surface area contributed by atoms with Crippen LogP contribution in [0.15, 0.2) is 30.0 Å². The van der Waals surface area contributed by atoms with E-state index in [1.165, 1.54) is 29.2 Å². The second-order valence-electron chi connectivity index (χ2n) is 7.30. The van der Waals surface area contributed by atoms with Crippen molar-refractivity contribution in [3.8, 4) is 0 Å². The van der Waals surface area contributed by atoms with Crippen LogP contribution in [0, 0.1) is 10.1 Å². The number of methoxy groups -OCH3 is 1. The molecule has 2 unspecified atom stereocenters. The van der Waals surface area contributed by atoms with E-state index in [1.54, 1.807) is 7.11 Å². The molecule has 29 heavy (non-hydrogen) atoms. The fourth-order valence-electron chi connectivity index (χ4n) is 3.80. The largest absolute Gasteiger partial charge is 0.385 e. The van der Waals surface area contributed by atoms with E-state index in [2.05, 4.69) is 0 Å². The molecule has 0 aromatic heterocycles. The van der Waals surface area contributed by atoms with Gasteiger partial charge in [0.25, 0.3) is 17.5 Å². The molecular formula is C20H25N3O6. The Balaban J connectivity index is 2.01. The van der Waals surface area contributed by atoms with E-state index in [4.69, 9.17) is 9.47 Å². The minimum absolute atomic E-state index is 0.0711. The number of rotatable bonds is 7. The normalized spacial score (nSPS) is 22.6. The van der Waals surface area contributed by atoms with Gasteiger partial charge in [0, 0.05) is 45.5 Å². The lowest BCUT2D eigenvalue weighted by atomic mass is 10.0. The number of imide groups is 1. The quantitative estimate of drug-likeness (QED) is 0.296. The Morgan fingerprint density at radius 2 is 1.76 bits per heavy atom. The maximum Gasteiger partial charge on any atom is 0.277 e. The fraction of sp³-hybridized carbons (Fsp3) is 0.500. The fourth-order valence-corrected chi connectivity index (χ4v) is 3.80. The molecule has 1 aromatic carbocycles. The van der Waals surface area contributed by atoms with Crippen LogP contribution in [0.4, 0.5) is 5.69 Å². The van der Waals surface area contributed by atoms with Crippen molar-refractivity contribution in [1.82, 2.24) is 9.80 Å². The second kappa shape index (κ2) is 8.71. The number of nitro groups is 1. The predicted octanol–water partition coefficient (Wildman–Crippen LogP) is 1.82. The summed E-state index contributed by atoms with van der Waals surface area (Å²) in [5.41, 5.74) is 1.04. The van der Waals surface area contributed by atoms with Crippen molar-refractivity contribution in [2.75, 3.05) is 33.4 Å². The molecule has 0 saturated carbocycles. The number of hydrogen-bond acceptors (Lipinski definition) is 7. The van der Waals surface area contributed by atoms with E-state index in [0.29, 0.717) is 37.4 Å². The van der Waals surface area contributed by atoms with Gasteiger partial charge >= 0.3 is 0 Å². The molecule has 2 atom stereocenters. The van der Waals surface area contributed by atoms with Crippen LogP contribution in [0.3, 0.4) is 0 Å². The minimum Gasteiger partial charge on any atom is -0.385 e. The minimum atomic E-state index is -0.497. The van der Waals surface area contributed by atoms with Crippen molar-refractivity contribution in [1.29, 1.82) is 0 Å². The zero-order valence-electron chi connectivity index (χ0n) is 16.8. The molecule has 0 spiro atoms. The molecule has 2 heterocycles. The zero-order valence-corrected chi connectivity index (χ0v) is 16.8. The highest BCUT2D eigenvalue weighted by Gasteiger charge is 2.42. The van der Waals surface area contributed by atoms with Crippen LogP contribution in [0.2, 0.25) is 0 Å². The number of non-ortho nitro benzene ring substituents is 1. The van der Waals surface area contributed by atoms with Gasteiger partial charge in [0.05, 0.1) is 22.7 Å². The number of ether oxygens (including phenoxy) is 2. The van der Waals surface area contributed by atoms with Crippen molar-refractivity contribution in [3.63, 3.8) is 0 Å². The SMILES string of the molecule is COCCCN1C(=O)C(c2ccc([N+](=O)[O-])cc2)=C(N2CC(C)OC(C)C2)C1=O. The molecule has 0 bridgehead atoms. The van der Waals surface area contributed by atoms with E-state index < -0.39 is 4.92 Å². The van der Waals surface area contributed by atoms with Crippen LogP contribution in [0.5, 0.6) is 0 Å². The van der Waals surface area contributed by atoms with Gasteiger partial charge in [-0.3, -0.25) is 24.6 Å². The smallest absolute Gasteiger partial charge is 0.277 e. The Morgan fingerprint density at radius 3 is 2.31 bits per heavy atom. The van der Waals surface area contributed by atoms with Crippen molar-refractivity contribution in [2.24, 2.45) is 0 Å². The summed E-state index contributed by atoms with van der Waals surface area (Å²) in [6, 6.07) is 5.72. The third-order valence-corrected chi connectivity index (χ3v) is 4.98. The van der Waals surface area contributed by atoms with Crippen molar-refractivity contribution in [3.05, 3.63) is 45.6 Å². The number of nitro benzene ring substituents is 1. The van der Waals surface area contributed by atoms with Gasteiger partial charge in [-0.25, -0.2) is 0 Å². The van der Waals surface area contributed by atoms with E-state index in [0.717, 1.165) is 0 Å². The first-order valence-corrected chi connectivity index (χ1v) is 9.58. The molecule has 9 heteroatoms. The molecule has 0 radical (unpaired) electrons. The molecule has 3 rings (SSSR count). The van der Waals surface area contributed by atoms with Crippen molar-refractivity contribution in [2.45, 2.75) is 32.5 Å². The molecule has 156 valence electrons. The van der Waals surface area contributed by atoms with Crippen molar-refractivity contribution >= 4 is 23.1 Å². The second-order valence-corrected chi connectivity index (χ2v) is 7.30. The van der Waals surface area contributed by atoms with E-state index in [1.807, 2.05) is 18.7 Å². The Kier molecular flexibility index (Phi) is 6.29. The molecule has 2 amide bonds. The number of benzene rings is 1. The summed E-state index contributed by atoms with van der Waals surface area (Å²) in [5.74, 6) is -0.734. The first-order chi connectivity index (χ1) is 13.8. The number of carbonyl (C=O) groups excluding carboxylic acids is 2. The summed E-state index contributed by atoms with van der Waals surface area (Å²) >= 11 is 0. The monoisotopic (exact) mass is 403 g/mol. The molecule has 9 nitrogen and oxygen atoms in total. The number of morpholine rings is 1. The average molecular weight is 403 g/mol. The molecule has 0 aliphatic carbocycles. The zero-order chi connectivity index (χ0) is 21.1. The predicted molar refractivity (Wildman–Crippen MR) is 105 cm³/mol. The maximum absolute atomic E-state index is 13.2. The molecule has 2 aliphatic rings. The lowest BCUT2D eigenvalue weighted by Gasteiger charge is -2.37. The first-order valence-electron chi connectivity index (χ1n) is 9.58. The summed E-state index contributed by atoms with van der Waals surface area (Å²) < 4.78 is 10.8. The summed E-state index contributed by atoms with van der Waals surface area (Å²) in [4.78, 5) is 40.0. The van der Waals surface area contributed by atoms with Gasteiger partial charge in [0.15, 0.2) is 0 Å². The van der Waals surface area contributed by atoms with Crippen molar-refractivity contribution < 1.29 is 24.0 Å². The molecule has 0 N–H and O–H groups in total. The number of nitrogens with zero attached hydrogens (tertiary/aromatic N) is 3. The van der Waals surface area contributed by atoms with Gasteiger partial charge in [0.1, 0.15) is 5.70 Å². The molecule has 2 aliphatic heterocycles. The maximum atomic E-state index is 13.2. The lowest BCUT2D eigenvalue weighted by Crippen LogP contribution is -2.47. The molecule has 1 aromatic rings. The van der Waals surface area contributed by atoms with Gasteiger partial charge in [-0.1, -0.05) is 0 Å². The van der Waals surface area contributed by atoms with Crippen LogP contribution in [-0.2, 0) is 19.1 Å². The molecule has 1 saturated heterocycles. The third kappa shape index (κ3) is 4.30. The average Bonchev–Trinajstić information content (AvgIpc) is 2.92. The van der Waals surface area contributed by atoms with Crippen LogP contribution in [-0.4, -0.2) is 72.1 Å². The number of carbonyl (C=O) groups is 2. The van der Waals surface area contributed by atoms with E-state index >= 15 is 0 Å². The van der Waals surface area contributed by atoms with Crippen LogP contribution < -0.4 is 0 Å². The lowest BCUT2D eigenvalue weighted by molar-refractivity contribution is -0.384. The molecular weight excluding hydrogens is 378 g/mol. The summed E-state index contributed by atoms with van der Waals surface area (Å²) in [5, 5.41) is 11.0. The highest BCUT2D eigenvalue weighted by molar-refractivity contribution is 6.35. The number of hydrogen-bond donors (Lipinski definition) is 0. The van der Waals surface area contributed by atoms with Gasteiger partial charge < -0.3 is 14.4 Å². The standard InChI is InChI=1S/C20H25N3O6/c1-13-11-21(12-14(2)29-13)18-17(15-5-7-16(8-6-15)23(26)27)19(24)22(20(18)25)9-4-10-28-3/h5-8,13-14H,4,9-12H2,1-3H3. The van der Waals surface area contributed by atoms with Gasteiger partial charge in [-0.15, -0.1) is 0 Å². The first kappa shape index (κ1) is 20.9. The van der Waals surface area contributed by atoms with E-state index in [-0.39, 0.29) is 41.8 Å². The highest BCUT2D eigenvalue weighted by atomic mass is 16.6. The molecule has 1 fully saturated rings. The topological polar surface area (TPSA) is 102 Å². The Bertz CT molecular complexity index is 825. The van der Waals surface area contributed by atoms with Crippen LogP contribution in [0.1, 0.15) is 25.8 Å². The third-order valence-electron chi connectivity index (χ3n) is 4.98. The number of amides is 2.